The standard InChI is InChI=1S/C23H36N6O2/c1-27(2)22(31)16-26-23(24-12-7-13-28(3)19-8-5-4-6-9-19)25-15-18-14-21(30)29(17-18)20-10-11-20/h4-6,8-9,18,20H,7,10-17H2,1-3H3,(H2,24,25,26). The maximum Gasteiger partial charge on any atom is 0.243 e. The number of amides is 2. The third-order valence-corrected chi connectivity index (χ3v) is 5.82. The number of likely N-dealkylation sites (tertiary alicyclic amines) is 1. The van der Waals surface area contributed by atoms with Crippen molar-refractivity contribution >= 4 is 23.5 Å². The molecule has 8 nitrogen and oxygen atoms in total. The second kappa shape index (κ2) is 11.0. The lowest BCUT2D eigenvalue weighted by atomic mass is 10.1. The van der Waals surface area contributed by atoms with Crippen molar-refractivity contribution in [3.8, 4) is 0 Å². The van der Waals surface area contributed by atoms with E-state index >= 15 is 0 Å². The number of nitrogens with zero attached hydrogens (tertiary/aromatic N) is 4. The topological polar surface area (TPSA) is 80.3 Å². The number of rotatable bonds is 10. The van der Waals surface area contributed by atoms with Crippen LogP contribution in [0.25, 0.3) is 0 Å². The summed E-state index contributed by atoms with van der Waals surface area (Å²) >= 11 is 0. The molecular weight excluding hydrogens is 392 g/mol. The summed E-state index contributed by atoms with van der Waals surface area (Å²) < 4.78 is 0. The van der Waals surface area contributed by atoms with Crippen LogP contribution in [0.2, 0.25) is 0 Å². The average molecular weight is 429 g/mol. The lowest BCUT2D eigenvalue weighted by Gasteiger charge is -2.20. The number of likely N-dealkylation sites (N-methyl/N-ethyl adjacent to an activating group) is 1. The van der Waals surface area contributed by atoms with E-state index in [2.05, 4.69) is 39.7 Å². The van der Waals surface area contributed by atoms with Gasteiger partial charge in [0.25, 0.3) is 0 Å². The molecule has 31 heavy (non-hydrogen) atoms. The van der Waals surface area contributed by atoms with Crippen LogP contribution in [0.4, 0.5) is 5.69 Å². The Hall–Kier alpha value is -2.77. The highest BCUT2D eigenvalue weighted by molar-refractivity contribution is 5.85. The van der Waals surface area contributed by atoms with Gasteiger partial charge >= 0.3 is 0 Å². The molecule has 1 heterocycles. The number of para-hydroxylation sites is 1. The van der Waals surface area contributed by atoms with Crippen molar-refractivity contribution in [2.24, 2.45) is 10.9 Å². The monoisotopic (exact) mass is 428 g/mol. The van der Waals surface area contributed by atoms with Crippen LogP contribution in [-0.4, -0.2) is 87.5 Å². The summed E-state index contributed by atoms with van der Waals surface area (Å²) in [6.07, 6.45) is 3.81. The van der Waals surface area contributed by atoms with E-state index in [0.29, 0.717) is 25.0 Å². The van der Waals surface area contributed by atoms with Gasteiger partial charge in [0.15, 0.2) is 5.96 Å². The zero-order valence-corrected chi connectivity index (χ0v) is 19.0. The molecular formula is C23H36N6O2. The number of hydrogen-bond acceptors (Lipinski definition) is 4. The van der Waals surface area contributed by atoms with E-state index in [-0.39, 0.29) is 24.3 Å². The molecule has 1 aliphatic carbocycles. The van der Waals surface area contributed by atoms with E-state index < -0.39 is 0 Å². The van der Waals surface area contributed by atoms with Crippen molar-refractivity contribution in [1.29, 1.82) is 0 Å². The fraction of sp³-hybridized carbons (Fsp3) is 0.609. The van der Waals surface area contributed by atoms with Crippen LogP contribution in [-0.2, 0) is 9.59 Å². The zero-order valence-electron chi connectivity index (χ0n) is 19.0. The first-order valence-electron chi connectivity index (χ1n) is 11.2. The molecule has 2 N–H and O–H groups in total. The fourth-order valence-corrected chi connectivity index (χ4v) is 3.72. The maximum absolute atomic E-state index is 12.2. The predicted molar refractivity (Wildman–Crippen MR) is 124 cm³/mol. The predicted octanol–water partition coefficient (Wildman–Crippen LogP) is 1.15. The molecule has 1 aromatic rings. The maximum atomic E-state index is 12.2. The number of guanidine groups is 1. The Kier molecular flexibility index (Phi) is 8.14. The van der Waals surface area contributed by atoms with Crippen LogP contribution in [0.3, 0.4) is 0 Å². The van der Waals surface area contributed by atoms with Gasteiger partial charge in [0, 0.05) is 71.4 Å². The van der Waals surface area contributed by atoms with Crippen LogP contribution < -0.4 is 15.5 Å². The Morgan fingerprint density at radius 1 is 1.16 bits per heavy atom. The first-order chi connectivity index (χ1) is 14.9. The summed E-state index contributed by atoms with van der Waals surface area (Å²) in [7, 11) is 5.55. The molecule has 1 aromatic carbocycles. The first-order valence-corrected chi connectivity index (χ1v) is 11.2. The minimum atomic E-state index is -0.0409. The van der Waals surface area contributed by atoms with E-state index in [0.717, 1.165) is 38.9 Å². The molecule has 2 amide bonds. The molecule has 1 unspecified atom stereocenters. The minimum absolute atomic E-state index is 0.0409. The molecule has 0 spiro atoms. The Labute approximate surface area is 185 Å². The molecule has 0 bridgehead atoms. The second-order valence-electron chi connectivity index (χ2n) is 8.72. The van der Waals surface area contributed by atoms with Crippen molar-refractivity contribution < 1.29 is 9.59 Å². The summed E-state index contributed by atoms with van der Waals surface area (Å²) in [5.41, 5.74) is 1.19. The highest BCUT2D eigenvalue weighted by Gasteiger charge is 2.39. The van der Waals surface area contributed by atoms with Gasteiger partial charge in [0.1, 0.15) is 6.54 Å². The second-order valence-corrected chi connectivity index (χ2v) is 8.72. The van der Waals surface area contributed by atoms with Gasteiger partial charge in [0.05, 0.1) is 0 Å². The van der Waals surface area contributed by atoms with E-state index in [1.165, 1.54) is 5.69 Å². The van der Waals surface area contributed by atoms with Crippen molar-refractivity contribution in [2.75, 3.05) is 58.8 Å². The van der Waals surface area contributed by atoms with Gasteiger partial charge < -0.3 is 25.3 Å². The number of nitrogens with one attached hydrogen (secondary N) is 2. The molecule has 1 atom stereocenters. The summed E-state index contributed by atoms with van der Waals surface area (Å²) in [5, 5.41) is 6.70. The van der Waals surface area contributed by atoms with Crippen LogP contribution >= 0.6 is 0 Å². The number of aliphatic imine (C=N–C) groups is 1. The van der Waals surface area contributed by atoms with Gasteiger partial charge in [-0.25, -0.2) is 4.99 Å². The summed E-state index contributed by atoms with van der Waals surface area (Å²) in [6, 6.07) is 10.8. The molecule has 1 saturated heterocycles. The number of hydrogen-bond donors (Lipinski definition) is 2. The van der Waals surface area contributed by atoms with Gasteiger partial charge in [0.2, 0.25) is 11.8 Å². The summed E-state index contributed by atoms with van der Waals surface area (Å²) in [4.78, 5) is 34.4. The molecule has 8 heteroatoms. The number of benzene rings is 1. The van der Waals surface area contributed by atoms with Crippen molar-refractivity contribution in [2.45, 2.75) is 31.7 Å². The van der Waals surface area contributed by atoms with Crippen LogP contribution in [0.15, 0.2) is 35.3 Å². The molecule has 170 valence electrons. The molecule has 1 saturated carbocycles. The van der Waals surface area contributed by atoms with E-state index in [9.17, 15) is 9.59 Å². The van der Waals surface area contributed by atoms with Gasteiger partial charge in [-0.15, -0.1) is 0 Å². The molecule has 3 rings (SSSR count). The molecule has 2 aliphatic rings. The highest BCUT2D eigenvalue weighted by atomic mass is 16.2. The fourth-order valence-electron chi connectivity index (χ4n) is 3.72. The van der Waals surface area contributed by atoms with E-state index in [1.807, 2.05) is 23.1 Å². The summed E-state index contributed by atoms with van der Waals surface area (Å²) in [6.45, 7) is 3.26. The largest absolute Gasteiger partial charge is 0.375 e. The molecule has 0 radical (unpaired) electrons. The van der Waals surface area contributed by atoms with Crippen LogP contribution in [0.1, 0.15) is 25.7 Å². The van der Waals surface area contributed by atoms with Gasteiger partial charge in [-0.1, -0.05) is 18.2 Å². The zero-order chi connectivity index (χ0) is 22.2. The Morgan fingerprint density at radius 3 is 2.58 bits per heavy atom. The van der Waals surface area contributed by atoms with Gasteiger partial charge in [-0.05, 0) is 31.4 Å². The third kappa shape index (κ3) is 7.15. The SMILES string of the molecule is CN(C)C(=O)CN=C(NCCCN(C)c1ccccc1)NCC1CC(=O)N(C2CC2)C1. The quantitative estimate of drug-likeness (QED) is 0.332. The minimum Gasteiger partial charge on any atom is -0.375 e. The lowest BCUT2D eigenvalue weighted by Crippen LogP contribution is -2.42. The third-order valence-electron chi connectivity index (χ3n) is 5.82. The van der Waals surface area contributed by atoms with E-state index in [1.54, 1.807) is 19.0 Å². The normalized spacial score (nSPS) is 18.8. The summed E-state index contributed by atoms with van der Waals surface area (Å²) in [5.74, 6) is 1.15. The Bertz CT molecular complexity index is 763. The molecule has 2 fully saturated rings. The van der Waals surface area contributed by atoms with Gasteiger partial charge in [-0.2, -0.15) is 0 Å². The van der Waals surface area contributed by atoms with Crippen LogP contribution in [0, 0.1) is 5.92 Å². The van der Waals surface area contributed by atoms with Crippen molar-refractivity contribution in [3.05, 3.63) is 30.3 Å². The lowest BCUT2D eigenvalue weighted by molar-refractivity contribution is -0.128. The Morgan fingerprint density at radius 2 is 1.90 bits per heavy atom. The molecule has 0 aromatic heterocycles. The Balaban J connectivity index is 1.46. The van der Waals surface area contributed by atoms with Crippen molar-refractivity contribution in [1.82, 2.24) is 20.4 Å². The highest BCUT2D eigenvalue weighted by Crippen LogP contribution is 2.32. The smallest absolute Gasteiger partial charge is 0.243 e. The van der Waals surface area contributed by atoms with E-state index in [4.69, 9.17) is 0 Å². The number of anilines is 1. The first kappa shape index (κ1) is 22.9. The number of carbonyl (C=O) groups excluding carboxylic acids is 2. The van der Waals surface area contributed by atoms with Crippen molar-refractivity contribution in [3.63, 3.8) is 0 Å². The molecule has 1 aliphatic heterocycles. The van der Waals surface area contributed by atoms with Gasteiger partial charge in [-0.3, -0.25) is 9.59 Å². The average Bonchev–Trinajstić information content (AvgIpc) is 3.54. The van der Waals surface area contributed by atoms with Crippen LogP contribution in [0.5, 0.6) is 0 Å². The number of carbonyl (C=O) groups is 2.